The van der Waals surface area contributed by atoms with Gasteiger partial charge in [-0.25, -0.2) is 0 Å². The van der Waals surface area contributed by atoms with Crippen LogP contribution in [-0.4, -0.2) is 31.2 Å². The Hall–Kier alpha value is -0.280. The Labute approximate surface area is 71.6 Å². The first-order chi connectivity index (χ1) is 5.07. The number of rotatable bonds is 4. The zero-order chi connectivity index (χ0) is 8.85. The Balaban J connectivity index is 3.57. The number of hydrogen-bond donors (Lipinski definition) is 0. The van der Waals surface area contributed by atoms with Gasteiger partial charge in [-0.3, -0.25) is 4.79 Å². The number of ether oxygens (including phenoxy) is 2. The predicted molar refractivity (Wildman–Crippen MR) is 42.7 cm³/mol. The first-order valence-electron chi connectivity index (χ1n) is 3.41. The van der Waals surface area contributed by atoms with Crippen molar-refractivity contribution < 1.29 is 14.3 Å². The van der Waals surface area contributed by atoms with Crippen LogP contribution in [0.25, 0.3) is 0 Å². The van der Waals surface area contributed by atoms with Crippen molar-refractivity contribution in [1.29, 1.82) is 0 Å². The molecule has 0 saturated heterocycles. The Morgan fingerprint density at radius 2 is 2.09 bits per heavy atom. The Morgan fingerprint density at radius 3 is 2.45 bits per heavy atom. The van der Waals surface area contributed by atoms with Crippen molar-refractivity contribution in [3.63, 3.8) is 0 Å². The van der Waals surface area contributed by atoms with Crippen molar-refractivity contribution >= 4 is 17.6 Å². The number of esters is 1. The van der Waals surface area contributed by atoms with Gasteiger partial charge < -0.3 is 9.47 Å². The number of methoxy groups -OCH3 is 1. The smallest absolute Gasteiger partial charge is 0.324 e. The van der Waals surface area contributed by atoms with Gasteiger partial charge in [-0.1, -0.05) is 0 Å². The maximum Gasteiger partial charge on any atom is 0.324 e. The minimum Gasteiger partial charge on any atom is -0.459 e. The molecule has 3 nitrogen and oxygen atoms in total. The van der Waals surface area contributed by atoms with Crippen LogP contribution in [0.2, 0.25) is 0 Å². The average molecular weight is 181 g/mol. The van der Waals surface area contributed by atoms with Crippen molar-refractivity contribution in [3.8, 4) is 0 Å². The molecule has 0 aliphatic heterocycles. The van der Waals surface area contributed by atoms with Crippen LogP contribution in [0.3, 0.4) is 0 Å². The first kappa shape index (κ1) is 10.7. The summed E-state index contributed by atoms with van der Waals surface area (Å²) in [5.41, 5.74) is 0. The molecule has 0 heterocycles. The molecule has 0 aliphatic rings. The molecule has 0 amide bonds. The number of hydrogen-bond acceptors (Lipinski definition) is 3. The van der Waals surface area contributed by atoms with E-state index < -0.39 is 11.3 Å². The Kier molecular flexibility index (Phi) is 5.24. The topological polar surface area (TPSA) is 35.5 Å². The van der Waals surface area contributed by atoms with E-state index in [0.717, 1.165) is 0 Å². The lowest BCUT2D eigenvalue weighted by Gasteiger charge is -2.12. The Morgan fingerprint density at radius 1 is 1.55 bits per heavy atom. The van der Waals surface area contributed by atoms with Crippen molar-refractivity contribution in [2.45, 2.75) is 25.3 Å². The van der Waals surface area contributed by atoms with Crippen LogP contribution in [0.5, 0.6) is 0 Å². The van der Waals surface area contributed by atoms with Gasteiger partial charge in [-0.05, 0) is 13.8 Å². The number of alkyl halides is 1. The molecule has 2 atom stereocenters. The van der Waals surface area contributed by atoms with Crippen LogP contribution in [0.15, 0.2) is 0 Å². The maximum absolute atomic E-state index is 10.8. The van der Waals surface area contributed by atoms with E-state index in [4.69, 9.17) is 21.1 Å². The minimum absolute atomic E-state index is 0.228. The highest BCUT2D eigenvalue weighted by Crippen LogP contribution is 2.00. The van der Waals surface area contributed by atoms with Gasteiger partial charge in [0.1, 0.15) is 11.5 Å². The van der Waals surface area contributed by atoms with Crippen molar-refractivity contribution in [1.82, 2.24) is 0 Å². The highest BCUT2D eigenvalue weighted by atomic mass is 35.5. The quantitative estimate of drug-likeness (QED) is 0.482. The lowest BCUT2D eigenvalue weighted by Crippen LogP contribution is -2.24. The van der Waals surface area contributed by atoms with Crippen molar-refractivity contribution in [2.24, 2.45) is 0 Å². The molecule has 2 unspecified atom stereocenters. The molecule has 66 valence electrons. The third-order valence-electron chi connectivity index (χ3n) is 1.04. The summed E-state index contributed by atoms with van der Waals surface area (Å²) in [6, 6.07) is 0. The van der Waals surface area contributed by atoms with E-state index in [9.17, 15) is 4.79 Å². The zero-order valence-corrected chi connectivity index (χ0v) is 7.72. The average Bonchev–Trinajstić information content (AvgIpc) is 1.87. The Bertz CT molecular complexity index is 125. The highest BCUT2D eigenvalue weighted by Gasteiger charge is 2.13. The van der Waals surface area contributed by atoms with Gasteiger partial charge in [0.15, 0.2) is 0 Å². The lowest BCUT2D eigenvalue weighted by molar-refractivity contribution is -0.149. The van der Waals surface area contributed by atoms with Crippen LogP contribution in [0.1, 0.15) is 13.8 Å². The van der Waals surface area contributed by atoms with Gasteiger partial charge >= 0.3 is 5.97 Å². The molecule has 0 N–H and O–H groups in total. The third kappa shape index (κ3) is 5.04. The summed E-state index contributed by atoms with van der Waals surface area (Å²) >= 11 is 5.46. The second kappa shape index (κ2) is 5.38. The third-order valence-corrected chi connectivity index (χ3v) is 1.22. The van der Waals surface area contributed by atoms with Gasteiger partial charge in [0.2, 0.25) is 0 Å². The molecule has 0 aliphatic carbocycles. The molecule has 0 spiro atoms. The van der Waals surface area contributed by atoms with Crippen LogP contribution in [-0.2, 0) is 14.3 Å². The molecule has 0 radical (unpaired) electrons. The molecular formula is C7H13ClO3. The fourth-order valence-electron chi connectivity index (χ4n) is 0.561. The minimum atomic E-state index is -0.589. The van der Waals surface area contributed by atoms with Gasteiger partial charge in [0.25, 0.3) is 0 Å². The molecule has 0 aromatic carbocycles. The molecule has 0 fully saturated rings. The highest BCUT2D eigenvalue weighted by molar-refractivity contribution is 6.29. The molecule has 0 rings (SSSR count). The fourth-order valence-corrected chi connectivity index (χ4v) is 0.612. The van der Waals surface area contributed by atoms with Gasteiger partial charge in [0, 0.05) is 7.11 Å². The van der Waals surface area contributed by atoms with E-state index in [1.54, 1.807) is 21.0 Å². The van der Waals surface area contributed by atoms with Crippen LogP contribution < -0.4 is 0 Å². The van der Waals surface area contributed by atoms with E-state index in [1.165, 1.54) is 0 Å². The van der Waals surface area contributed by atoms with Gasteiger partial charge in [0.05, 0.1) is 6.61 Å². The van der Waals surface area contributed by atoms with Crippen LogP contribution in [0, 0.1) is 0 Å². The molecule has 11 heavy (non-hydrogen) atoms. The fraction of sp³-hybridized carbons (Fsp3) is 0.857. The zero-order valence-electron chi connectivity index (χ0n) is 6.96. The summed E-state index contributed by atoms with van der Waals surface area (Å²) in [5, 5.41) is -0.589. The first-order valence-corrected chi connectivity index (χ1v) is 3.85. The molecule has 0 aromatic rings. The van der Waals surface area contributed by atoms with Crippen molar-refractivity contribution in [2.75, 3.05) is 13.7 Å². The SMILES string of the molecule is COCC(C)OC(=O)C(C)Cl. The predicted octanol–water partition coefficient (Wildman–Crippen LogP) is 1.19. The summed E-state index contributed by atoms with van der Waals surface area (Å²) < 4.78 is 9.62. The number of halogens is 1. The summed E-state index contributed by atoms with van der Waals surface area (Å²) in [5.74, 6) is -0.406. The molecule has 0 saturated carbocycles. The van der Waals surface area contributed by atoms with E-state index >= 15 is 0 Å². The standard InChI is InChI=1S/C7H13ClO3/c1-5(4-10-3)11-7(9)6(2)8/h5-6H,4H2,1-3H3. The van der Waals surface area contributed by atoms with E-state index in [2.05, 4.69) is 0 Å². The summed E-state index contributed by atoms with van der Waals surface area (Å²) in [6.45, 7) is 3.72. The largest absolute Gasteiger partial charge is 0.459 e. The van der Waals surface area contributed by atoms with E-state index in [-0.39, 0.29) is 6.10 Å². The molecular weight excluding hydrogens is 168 g/mol. The molecule has 0 bridgehead atoms. The normalized spacial score (nSPS) is 15.6. The number of carbonyl (C=O) groups is 1. The number of carbonyl (C=O) groups excluding carboxylic acids is 1. The second-order valence-electron chi connectivity index (χ2n) is 2.32. The van der Waals surface area contributed by atoms with Gasteiger partial charge in [-0.15, -0.1) is 11.6 Å². The summed E-state index contributed by atoms with van der Waals surface area (Å²) in [4.78, 5) is 10.8. The van der Waals surface area contributed by atoms with E-state index in [0.29, 0.717) is 6.61 Å². The maximum atomic E-state index is 10.8. The second-order valence-corrected chi connectivity index (χ2v) is 2.97. The van der Waals surface area contributed by atoms with Crippen LogP contribution in [0.4, 0.5) is 0 Å². The van der Waals surface area contributed by atoms with Gasteiger partial charge in [-0.2, -0.15) is 0 Å². The van der Waals surface area contributed by atoms with Crippen molar-refractivity contribution in [3.05, 3.63) is 0 Å². The van der Waals surface area contributed by atoms with E-state index in [1.807, 2.05) is 0 Å². The summed E-state index contributed by atoms with van der Waals surface area (Å²) in [7, 11) is 1.55. The van der Waals surface area contributed by atoms with Crippen LogP contribution >= 0.6 is 11.6 Å². The molecule has 0 aromatic heterocycles. The summed E-state index contributed by atoms with van der Waals surface area (Å²) in [6.07, 6.45) is -0.228. The molecule has 4 heteroatoms. The lowest BCUT2D eigenvalue weighted by atomic mass is 10.4. The monoisotopic (exact) mass is 180 g/mol.